The maximum atomic E-state index is 2.63. The zero-order chi connectivity index (χ0) is 35.3. The van der Waals surface area contributed by atoms with Crippen LogP contribution in [0.15, 0.2) is 182 Å². The molecule has 0 spiro atoms. The van der Waals surface area contributed by atoms with Gasteiger partial charge >= 0.3 is 0 Å². The Balaban J connectivity index is 1.16. The lowest BCUT2D eigenvalue weighted by molar-refractivity contribution is 0.333. The number of nitrogens with zero attached hydrogens (tertiary/aromatic N) is 2. The summed E-state index contributed by atoms with van der Waals surface area (Å²) in [5, 5.41) is 10.4. The van der Waals surface area contributed by atoms with Crippen molar-refractivity contribution < 1.29 is 0 Å². The number of aromatic nitrogens is 1. The highest BCUT2D eigenvalue weighted by Gasteiger charge is 2.46. The first kappa shape index (κ1) is 30.3. The molecular formula is C51H38N2. The third-order valence-electron chi connectivity index (χ3n) is 12.2. The summed E-state index contributed by atoms with van der Waals surface area (Å²) in [7, 11) is 0. The van der Waals surface area contributed by atoms with E-state index < -0.39 is 0 Å². The van der Waals surface area contributed by atoms with E-state index in [1.54, 1.807) is 0 Å². The number of hydrogen-bond donors (Lipinski definition) is 0. The summed E-state index contributed by atoms with van der Waals surface area (Å²) in [4.78, 5) is 2.63. The Morgan fingerprint density at radius 2 is 0.981 bits per heavy atom. The molecule has 0 bridgehead atoms. The average molecular weight is 679 g/mol. The van der Waals surface area contributed by atoms with Crippen molar-refractivity contribution in [1.29, 1.82) is 0 Å². The van der Waals surface area contributed by atoms with Crippen molar-refractivity contribution >= 4 is 71.1 Å². The fourth-order valence-corrected chi connectivity index (χ4v) is 9.74. The number of anilines is 2. The molecular weight excluding hydrogens is 641 g/mol. The molecule has 0 N–H and O–H groups in total. The SMILES string of the molecule is CC1(C)c2cc3c4ccccc4c4ccccc4c3cc2N(c2ccccc2)C2C=C(c3ccccc3-n3c4ccccc4c4ccccc43)C=CC21. The van der Waals surface area contributed by atoms with Crippen LogP contribution < -0.4 is 4.90 Å². The van der Waals surface area contributed by atoms with E-state index in [9.17, 15) is 0 Å². The second-order valence-electron chi connectivity index (χ2n) is 15.3. The van der Waals surface area contributed by atoms with Gasteiger partial charge in [-0.2, -0.15) is 0 Å². The molecule has 9 aromatic rings. The van der Waals surface area contributed by atoms with Crippen molar-refractivity contribution in [2.24, 2.45) is 5.92 Å². The van der Waals surface area contributed by atoms with E-state index in [1.807, 2.05) is 0 Å². The summed E-state index contributed by atoms with van der Waals surface area (Å²) in [6.45, 7) is 4.91. The van der Waals surface area contributed by atoms with E-state index in [4.69, 9.17) is 0 Å². The van der Waals surface area contributed by atoms with E-state index >= 15 is 0 Å². The van der Waals surface area contributed by atoms with Crippen LogP contribution in [0, 0.1) is 5.92 Å². The van der Waals surface area contributed by atoms with Crippen molar-refractivity contribution in [3.63, 3.8) is 0 Å². The summed E-state index contributed by atoms with van der Waals surface area (Å²) < 4.78 is 2.46. The highest BCUT2D eigenvalue weighted by molar-refractivity contribution is 6.26. The van der Waals surface area contributed by atoms with Crippen LogP contribution in [0.3, 0.4) is 0 Å². The normalized spacial score (nSPS) is 17.8. The monoisotopic (exact) mass is 678 g/mol. The van der Waals surface area contributed by atoms with Crippen LogP contribution in [0.2, 0.25) is 0 Å². The van der Waals surface area contributed by atoms with Gasteiger partial charge in [-0.15, -0.1) is 0 Å². The van der Waals surface area contributed by atoms with Crippen LogP contribution in [0.25, 0.3) is 65.4 Å². The van der Waals surface area contributed by atoms with Gasteiger partial charge in [-0.05, 0) is 85.9 Å². The van der Waals surface area contributed by atoms with E-state index in [1.165, 1.54) is 87.9 Å². The fourth-order valence-electron chi connectivity index (χ4n) is 9.74. The number of benzene rings is 8. The minimum absolute atomic E-state index is 0.107. The van der Waals surface area contributed by atoms with Gasteiger partial charge in [0.25, 0.3) is 0 Å². The van der Waals surface area contributed by atoms with E-state index in [2.05, 4.69) is 205 Å². The summed E-state index contributed by atoms with van der Waals surface area (Å²) in [6.07, 6.45) is 7.45. The van der Waals surface area contributed by atoms with Crippen molar-refractivity contribution in [1.82, 2.24) is 4.57 Å². The van der Waals surface area contributed by atoms with Gasteiger partial charge in [0, 0.05) is 39.0 Å². The molecule has 2 aliphatic rings. The minimum atomic E-state index is -0.128. The summed E-state index contributed by atoms with van der Waals surface area (Å²) in [5.41, 5.74) is 9.91. The van der Waals surface area contributed by atoms with Crippen LogP contribution >= 0.6 is 0 Å². The molecule has 0 saturated carbocycles. The van der Waals surface area contributed by atoms with Crippen LogP contribution in [-0.4, -0.2) is 10.6 Å². The second kappa shape index (κ2) is 11.3. The predicted molar refractivity (Wildman–Crippen MR) is 226 cm³/mol. The highest BCUT2D eigenvalue weighted by Crippen LogP contribution is 2.54. The van der Waals surface area contributed by atoms with E-state index in [0.29, 0.717) is 0 Å². The van der Waals surface area contributed by atoms with Crippen LogP contribution in [-0.2, 0) is 5.41 Å². The lowest BCUT2D eigenvalue weighted by Gasteiger charge is -2.51. The molecule has 252 valence electrons. The van der Waals surface area contributed by atoms with Gasteiger partial charge < -0.3 is 9.47 Å². The van der Waals surface area contributed by atoms with Gasteiger partial charge in [0.05, 0.1) is 22.8 Å². The largest absolute Gasteiger partial charge is 0.334 e. The van der Waals surface area contributed by atoms with Crippen molar-refractivity contribution in [3.05, 3.63) is 193 Å². The second-order valence-corrected chi connectivity index (χ2v) is 15.3. The topological polar surface area (TPSA) is 8.17 Å². The Labute approximate surface area is 309 Å². The smallest absolute Gasteiger partial charge is 0.0602 e. The molecule has 2 heterocycles. The standard InChI is InChI=1S/C51H38N2/c1-51(2)44-29-28-33(35-18-10-13-25-46(35)53-47-26-14-11-23-40(47)41-24-12-15-27-48(41)53)30-49(44)52(34-16-4-3-5-17-34)50-32-43-39-22-9-7-20-37(39)36-19-6-8-21-38(36)42(43)31-45(50)51/h3-32,44,49H,1-2H3. The summed E-state index contributed by atoms with van der Waals surface area (Å²) in [6, 6.07) is 60.6. The lowest BCUT2D eigenvalue weighted by atomic mass is 9.64. The molecule has 0 radical (unpaired) electrons. The van der Waals surface area contributed by atoms with Crippen molar-refractivity contribution in [2.45, 2.75) is 25.3 Å². The average Bonchev–Trinajstić information content (AvgIpc) is 3.55. The third kappa shape index (κ3) is 4.33. The Morgan fingerprint density at radius 3 is 1.62 bits per heavy atom. The van der Waals surface area contributed by atoms with Gasteiger partial charge in [0.1, 0.15) is 0 Å². The van der Waals surface area contributed by atoms with Crippen molar-refractivity contribution in [3.8, 4) is 5.69 Å². The Hall–Kier alpha value is -6.38. The Morgan fingerprint density at radius 1 is 0.472 bits per heavy atom. The first-order valence-electron chi connectivity index (χ1n) is 18.8. The number of para-hydroxylation sites is 4. The highest BCUT2D eigenvalue weighted by atomic mass is 15.2. The fraction of sp³-hybridized carbons (Fsp3) is 0.0980. The number of hydrogen-bond acceptors (Lipinski definition) is 1. The molecule has 1 aliphatic heterocycles. The van der Waals surface area contributed by atoms with Crippen LogP contribution in [0.4, 0.5) is 11.4 Å². The first-order chi connectivity index (χ1) is 26.1. The van der Waals surface area contributed by atoms with Crippen molar-refractivity contribution in [2.75, 3.05) is 4.90 Å². The van der Waals surface area contributed by atoms with Gasteiger partial charge in [-0.1, -0.05) is 153 Å². The molecule has 0 fully saturated rings. The third-order valence-corrected chi connectivity index (χ3v) is 12.2. The lowest BCUT2D eigenvalue weighted by Crippen LogP contribution is -2.50. The van der Waals surface area contributed by atoms with Gasteiger partial charge in [-0.25, -0.2) is 0 Å². The quantitative estimate of drug-likeness (QED) is 0.169. The molecule has 2 nitrogen and oxygen atoms in total. The summed E-state index contributed by atoms with van der Waals surface area (Å²) >= 11 is 0. The minimum Gasteiger partial charge on any atom is -0.334 e. The number of rotatable bonds is 3. The Kier molecular flexibility index (Phi) is 6.46. The molecule has 0 amide bonds. The maximum absolute atomic E-state index is 2.63. The molecule has 2 unspecified atom stereocenters. The molecule has 2 atom stereocenters. The molecule has 8 aromatic carbocycles. The molecule has 0 saturated heterocycles. The predicted octanol–water partition coefficient (Wildman–Crippen LogP) is 13.3. The molecule has 53 heavy (non-hydrogen) atoms. The van der Waals surface area contributed by atoms with Gasteiger partial charge in [-0.3, -0.25) is 0 Å². The Bertz CT molecular complexity index is 2940. The molecule has 1 aliphatic carbocycles. The van der Waals surface area contributed by atoms with Gasteiger partial charge in [0.2, 0.25) is 0 Å². The first-order valence-corrected chi connectivity index (χ1v) is 18.8. The van der Waals surface area contributed by atoms with E-state index in [-0.39, 0.29) is 17.4 Å². The van der Waals surface area contributed by atoms with Gasteiger partial charge in [0.15, 0.2) is 0 Å². The maximum Gasteiger partial charge on any atom is 0.0602 e. The van der Waals surface area contributed by atoms with E-state index in [0.717, 1.165) is 0 Å². The number of allylic oxidation sites excluding steroid dienone is 2. The van der Waals surface area contributed by atoms with Crippen LogP contribution in [0.1, 0.15) is 25.0 Å². The zero-order valence-electron chi connectivity index (χ0n) is 29.9. The zero-order valence-corrected chi connectivity index (χ0v) is 29.9. The molecule has 2 heteroatoms. The molecule has 11 rings (SSSR count). The van der Waals surface area contributed by atoms with Crippen LogP contribution in [0.5, 0.6) is 0 Å². The molecule has 1 aromatic heterocycles. The number of fused-ring (bicyclic) bond motifs is 11. The summed E-state index contributed by atoms with van der Waals surface area (Å²) in [5.74, 6) is 0.253.